The Morgan fingerprint density at radius 3 is 3.03 bits per heavy atom. The van der Waals surface area contributed by atoms with Crippen LogP contribution in [0.2, 0.25) is 0 Å². The molecule has 166 valence electrons. The molecule has 0 saturated carbocycles. The minimum atomic E-state index is -0.768. The Kier molecular flexibility index (Phi) is 10.4. The molecule has 30 heavy (non-hydrogen) atoms. The molecule has 1 aromatic rings. The van der Waals surface area contributed by atoms with Gasteiger partial charge in [-0.1, -0.05) is 16.9 Å². The molecule has 0 spiro atoms. The molecule has 0 aromatic carbocycles. The lowest BCUT2D eigenvalue weighted by atomic mass is 10.1. The van der Waals surface area contributed by atoms with Crippen molar-refractivity contribution in [3.63, 3.8) is 0 Å². The predicted octanol–water partition coefficient (Wildman–Crippen LogP) is 1.81. The first-order valence-corrected chi connectivity index (χ1v) is 11.7. The molecule has 0 bridgehead atoms. The summed E-state index contributed by atoms with van der Waals surface area (Å²) in [6.07, 6.45) is 3.04. The summed E-state index contributed by atoms with van der Waals surface area (Å²) in [5.41, 5.74) is -0.628. The van der Waals surface area contributed by atoms with Crippen LogP contribution in [0.4, 0.5) is 10.6 Å². The van der Waals surface area contributed by atoms with Gasteiger partial charge in [-0.3, -0.25) is 14.9 Å². The van der Waals surface area contributed by atoms with Crippen LogP contribution in [0.15, 0.2) is 34.2 Å². The van der Waals surface area contributed by atoms with Crippen molar-refractivity contribution in [3.8, 4) is 0 Å². The summed E-state index contributed by atoms with van der Waals surface area (Å²) in [7, 11) is 4.71. The maximum absolute atomic E-state index is 12.3. The smallest absolute Gasteiger partial charge is 0.412 e. The number of ether oxygens (including phenoxy) is 2. The highest BCUT2D eigenvalue weighted by Crippen LogP contribution is 2.29. The first kappa shape index (κ1) is 24.4. The molecule has 3 atom stereocenters. The molecule has 1 aromatic heterocycles. The van der Waals surface area contributed by atoms with Gasteiger partial charge in [0.1, 0.15) is 23.7 Å². The van der Waals surface area contributed by atoms with Crippen molar-refractivity contribution in [2.24, 2.45) is 4.99 Å². The molecule has 1 amide bonds. The molecule has 3 unspecified atom stereocenters. The number of aromatic nitrogens is 2. The first-order valence-electron chi connectivity index (χ1n) is 9.34. The van der Waals surface area contributed by atoms with Gasteiger partial charge in [-0.15, -0.1) is 0 Å². The zero-order valence-electron chi connectivity index (χ0n) is 16.8. The fraction of sp³-hybridized carbons (Fsp3) is 0.556. The highest BCUT2D eigenvalue weighted by atomic mass is 33.1. The van der Waals surface area contributed by atoms with Gasteiger partial charge >= 0.3 is 11.8 Å². The summed E-state index contributed by atoms with van der Waals surface area (Å²) in [5.74, 6) is 0.627. The van der Waals surface area contributed by atoms with Crippen LogP contribution >= 0.6 is 21.6 Å². The topological polar surface area (TPSA) is 135 Å². The predicted molar refractivity (Wildman–Crippen MR) is 118 cm³/mol. The number of carbonyl (C=O) groups excluding carboxylic acids is 1. The minimum Gasteiger partial charge on any atom is -0.448 e. The van der Waals surface area contributed by atoms with E-state index in [0.717, 1.165) is 5.04 Å². The number of carbonyl (C=O) groups is 1. The zero-order chi connectivity index (χ0) is 21.9. The van der Waals surface area contributed by atoms with E-state index >= 15 is 0 Å². The first-order chi connectivity index (χ1) is 14.5. The monoisotopic (exact) mass is 458 g/mol. The van der Waals surface area contributed by atoms with Crippen LogP contribution in [0.5, 0.6) is 0 Å². The molecule has 1 aliphatic heterocycles. The highest BCUT2D eigenvalue weighted by Gasteiger charge is 2.35. The lowest BCUT2D eigenvalue weighted by molar-refractivity contribution is -0.0305. The van der Waals surface area contributed by atoms with E-state index < -0.39 is 30.2 Å². The van der Waals surface area contributed by atoms with E-state index in [9.17, 15) is 14.7 Å². The summed E-state index contributed by atoms with van der Waals surface area (Å²) in [6.45, 7) is 1.98. The van der Waals surface area contributed by atoms with Crippen molar-refractivity contribution in [2.45, 2.75) is 38.2 Å². The molecule has 1 saturated heterocycles. The molecule has 10 nitrogen and oxygen atoms in total. The van der Waals surface area contributed by atoms with Crippen molar-refractivity contribution >= 4 is 38.5 Å². The molecule has 0 radical (unpaired) electrons. The van der Waals surface area contributed by atoms with Crippen molar-refractivity contribution in [3.05, 3.63) is 34.9 Å². The molecule has 1 fully saturated rings. The second kappa shape index (κ2) is 12.7. The van der Waals surface area contributed by atoms with E-state index in [1.165, 1.54) is 38.4 Å². The van der Waals surface area contributed by atoms with E-state index in [4.69, 9.17) is 14.6 Å². The minimum absolute atomic E-state index is 0.0576. The van der Waals surface area contributed by atoms with Crippen LogP contribution in [-0.2, 0) is 9.47 Å². The van der Waals surface area contributed by atoms with Gasteiger partial charge in [-0.2, -0.15) is 4.98 Å². The summed E-state index contributed by atoms with van der Waals surface area (Å²) >= 11 is 0. The molecule has 12 heteroatoms. The average molecular weight is 459 g/mol. The van der Waals surface area contributed by atoms with Crippen LogP contribution in [0.25, 0.3) is 0 Å². The SMILES string of the molecule is C/C=C\C(=NC)SSCCOC(=O)Nc1ccn(C2CC(O)C(CCO)O2)c(=O)n1. The number of amides is 1. The number of nitrogens with zero attached hydrogens (tertiary/aromatic N) is 3. The number of nitrogens with one attached hydrogen (secondary N) is 1. The Balaban J connectivity index is 1.79. The number of rotatable bonds is 9. The van der Waals surface area contributed by atoms with Gasteiger partial charge in [-0.05, 0) is 36.3 Å². The van der Waals surface area contributed by atoms with Crippen molar-refractivity contribution in [2.75, 3.05) is 31.3 Å². The third kappa shape index (κ3) is 7.43. The van der Waals surface area contributed by atoms with Crippen LogP contribution < -0.4 is 11.0 Å². The van der Waals surface area contributed by atoms with Crippen LogP contribution in [0.3, 0.4) is 0 Å². The molecular weight excluding hydrogens is 432 g/mol. The molecular formula is C18H26N4O6S2. The molecule has 2 heterocycles. The van der Waals surface area contributed by atoms with E-state index in [1.807, 2.05) is 19.1 Å². The number of hydrogen-bond acceptors (Lipinski definition) is 10. The number of aliphatic hydroxyl groups is 2. The summed E-state index contributed by atoms with van der Waals surface area (Å²) in [4.78, 5) is 32.0. The van der Waals surface area contributed by atoms with E-state index in [1.54, 1.807) is 7.05 Å². The third-order valence-electron chi connectivity index (χ3n) is 4.06. The summed E-state index contributed by atoms with van der Waals surface area (Å²) in [5, 5.41) is 22.2. The maximum Gasteiger partial charge on any atom is 0.412 e. The van der Waals surface area contributed by atoms with E-state index in [0.29, 0.717) is 5.75 Å². The standard InChI is InChI=1S/C18H26N4O6S2/c1-3-4-15(19-2)30-29-10-9-27-18(26)21-14-5-7-22(17(25)20-14)16-11-12(24)13(28-16)6-8-23/h3-5,7,12-13,16,23-24H,6,8-11H2,1-2H3,(H,20,21,25,26)/b4-3-,19-15?. The Bertz CT molecular complexity index is 816. The van der Waals surface area contributed by atoms with Crippen LogP contribution in [0, 0.1) is 0 Å². The van der Waals surface area contributed by atoms with E-state index in [-0.39, 0.29) is 31.9 Å². The van der Waals surface area contributed by atoms with Crippen molar-refractivity contribution < 1.29 is 24.5 Å². The number of allylic oxidation sites excluding steroid dienone is 1. The lowest BCUT2D eigenvalue weighted by Crippen LogP contribution is -2.28. The van der Waals surface area contributed by atoms with Crippen LogP contribution in [-0.4, -0.2) is 69.1 Å². The zero-order valence-corrected chi connectivity index (χ0v) is 18.4. The molecule has 3 N–H and O–H groups in total. The second-order valence-corrected chi connectivity index (χ2v) is 8.61. The third-order valence-corrected chi connectivity index (χ3v) is 6.37. The van der Waals surface area contributed by atoms with Gasteiger partial charge in [0.2, 0.25) is 0 Å². The Labute approximate surface area is 182 Å². The van der Waals surface area contributed by atoms with Crippen molar-refractivity contribution in [1.29, 1.82) is 0 Å². The van der Waals surface area contributed by atoms with Crippen molar-refractivity contribution in [1.82, 2.24) is 9.55 Å². The molecule has 0 aliphatic carbocycles. The maximum atomic E-state index is 12.3. The highest BCUT2D eigenvalue weighted by molar-refractivity contribution is 8.82. The van der Waals surface area contributed by atoms with Gasteiger partial charge in [0.15, 0.2) is 0 Å². The Hall–Kier alpha value is -1.86. The summed E-state index contributed by atoms with van der Waals surface area (Å²) in [6, 6.07) is 1.45. The fourth-order valence-electron chi connectivity index (χ4n) is 2.67. The van der Waals surface area contributed by atoms with Crippen LogP contribution in [0.1, 0.15) is 26.0 Å². The van der Waals surface area contributed by atoms with Gasteiger partial charge in [0, 0.05) is 32.0 Å². The quantitative estimate of drug-likeness (QED) is 0.219. The number of hydrogen-bond donors (Lipinski definition) is 3. The lowest BCUT2D eigenvalue weighted by Gasteiger charge is -2.15. The largest absolute Gasteiger partial charge is 0.448 e. The summed E-state index contributed by atoms with van der Waals surface area (Å²) < 4.78 is 11.9. The van der Waals surface area contributed by atoms with Gasteiger partial charge < -0.3 is 19.7 Å². The van der Waals surface area contributed by atoms with Gasteiger partial charge in [0.05, 0.1) is 12.2 Å². The average Bonchev–Trinajstić information content (AvgIpc) is 3.07. The Morgan fingerprint density at radius 1 is 1.57 bits per heavy atom. The van der Waals surface area contributed by atoms with E-state index in [2.05, 4.69) is 15.3 Å². The van der Waals surface area contributed by atoms with Gasteiger partial charge in [0.25, 0.3) is 0 Å². The normalized spacial score (nSPS) is 21.9. The molecule has 2 rings (SSSR count). The second-order valence-electron chi connectivity index (χ2n) is 6.18. The Morgan fingerprint density at radius 2 is 2.37 bits per heavy atom. The number of aliphatic imine (C=N–C) groups is 1. The van der Waals surface area contributed by atoms with Gasteiger partial charge in [-0.25, -0.2) is 9.59 Å². The molecule has 1 aliphatic rings. The fourth-order valence-corrected chi connectivity index (χ4v) is 4.50. The number of aliphatic hydroxyl groups excluding tert-OH is 2. The number of anilines is 1.